The minimum absolute atomic E-state index is 0.132. The van der Waals surface area contributed by atoms with Gasteiger partial charge in [-0.05, 0) is 19.1 Å². The molecule has 0 aliphatic carbocycles. The molecule has 5 nitrogen and oxygen atoms in total. The quantitative estimate of drug-likeness (QED) is 0.875. The Kier molecular flexibility index (Phi) is 4.39. The molecular weight excluding hydrogens is 278 g/mol. The molecule has 1 amide bonds. The monoisotopic (exact) mass is 293 g/mol. The molecule has 0 saturated carbocycles. The van der Waals surface area contributed by atoms with Crippen molar-refractivity contribution in [2.45, 2.75) is 25.8 Å². The fraction of sp³-hybridized carbons (Fsp3) is 0.357. The van der Waals surface area contributed by atoms with Crippen molar-refractivity contribution in [2.75, 3.05) is 6.54 Å². The van der Waals surface area contributed by atoms with E-state index in [1.807, 2.05) is 6.07 Å². The first kappa shape index (κ1) is 14.5. The van der Waals surface area contributed by atoms with Crippen LogP contribution in [0.25, 0.3) is 10.9 Å². The Morgan fingerprint density at radius 2 is 2.15 bits per heavy atom. The standard InChI is InChI=1S/C14H16ClN3O2/c1-9(15)13-17-12-6-4-3-5-11(12)14(20)18(13)8-7-16-10(2)19/h3-6,9H,7-8H2,1-2H3,(H,16,19). The van der Waals surface area contributed by atoms with Gasteiger partial charge < -0.3 is 5.32 Å². The smallest absolute Gasteiger partial charge is 0.261 e. The van der Waals surface area contributed by atoms with E-state index in [2.05, 4.69) is 10.3 Å². The zero-order valence-corrected chi connectivity index (χ0v) is 12.1. The van der Waals surface area contributed by atoms with Crippen LogP contribution in [0.2, 0.25) is 0 Å². The fourth-order valence-corrected chi connectivity index (χ4v) is 2.22. The molecular formula is C14H16ClN3O2. The summed E-state index contributed by atoms with van der Waals surface area (Å²) in [6.07, 6.45) is 0. The summed E-state index contributed by atoms with van der Waals surface area (Å²) in [6.45, 7) is 3.92. The van der Waals surface area contributed by atoms with Gasteiger partial charge in [0, 0.05) is 20.0 Å². The number of hydrogen-bond acceptors (Lipinski definition) is 3. The number of nitrogens with one attached hydrogen (secondary N) is 1. The first-order chi connectivity index (χ1) is 9.50. The third-order valence-electron chi connectivity index (χ3n) is 2.96. The van der Waals surface area contributed by atoms with Crippen LogP contribution in [-0.2, 0) is 11.3 Å². The number of alkyl halides is 1. The molecule has 106 valence electrons. The van der Waals surface area contributed by atoms with Crippen LogP contribution in [-0.4, -0.2) is 22.0 Å². The SMILES string of the molecule is CC(=O)NCCn1c(C(C)Cl)nc2ccccc2c1=O. The number of carbonyl (C=O) groups is 1. The molecule has 0 fully saturated rings. The molecule has 1 atom stereocenters. The predicted octanol–water partition coefficient (Wildman–Crippen LogP) is 1.83. The third kappa shape index (κ3) is 2.99. The van der Waals surface area contributed by atoms with E-state index >= 15 is 0 Å². The Morgan fingerprint density at radius 1 is 1.45 bits per heavy atom. The van der Waals surface area contributed by atoms with Crippen LogP contribution in [0.15, 0.2) is 29.1 Å². The highest BCUT2D eigenvalue weighted by molar-refractivity contribution is 6.20. The number of para-hydroxylation sites is 1. The van der Waals surface area contributed by atoms with Gasteiger partial charge in [0.2, 0.25) is 5.91 Å². The highest BCUT2D eigenvalue weighted by Gasteiger charge is 2.14. The van der Waals surface area contributed by atoms with E-state index in [1.54, 1.807) is 25.1 Å². The molecule has 2 rings (SSSR count). The lowest BCUT2D eigenvalue weighted by atomic mass is 10.2. The van der Waals surface area contributed by atoms with Crippen molar-refractivity contribution in [1.82, 2.24) is 14.9 Å². The minimum Gasteiger partial charge on any atom is -0.355 e. The number of carbonyl (C=O) groups excluding carboxylic acids is 1. The maximum atomic E-state index is 12.5. The molecule has 0 aliphatic heterocycles. The van der Waals surface area contributed by atoms with E-state index in [0.717, 1.165) is 0 Å². The average molecular weight is 294 g/mol. The largest absolute Gasteiger partial charge is 0.355 e. The summed E-state index contributed by atoms with van der Waals surface area (Å²) >= 11 is 6.11. The van der Waals surface area contributed by atoms with Crippen molar-refractivity contribution in [3.63, 3.8) is 0 Å². The van der Waals surface area contributed by atoms with Crippen LogP contribution in [0.5, 0.6) is 0 Å². The summed E-state index contributed by atoms with van der Waals surface area (Å²) < 4.78 is 1.52. The number of amides is 1. The molecule has 1 aromatic carbocycles. The van der Waals surface area contributed by atoms with Gasteiger partial charge in [0.15, 0.2) is 0 Å². The van der Waals surface area contributed by atoms with Gasteiger partial charge in [-0.15, -0.1) is 11.6 Å². The van der Waals surface area contributed by atoms with E-state index in [4.69, 9.17) is 11.6 Å². The summed E-state index contributed by atoms with van der Waals surface area (Å²) in [6, 6.07) is 7.16. The number of aromatic nitrogens is 2. The lowest BCUT2D eigenvalue weighted by Crippen LogP contribution is -2.32. The summed E-state index contributed by atoms with van der Waals surface area (Å²) in [4.78, 5) is 27.8. The molecule has 20 heavy (non-hydrogen) atoms. The maximum absolute atomic E-state index is 12.5. The first-order valence-electron chi connectivity index (χ1n) is 6.38. The maximum Gasteiger partial charge on any atom is 0.261 e. The molecule has 6 heteroatoms. The summed E-state index contributed by atoms with van der Waals surface area (Å²) in [5.41, 5.74) is 0.499. The van der Waals surface area contributed by atoms with E-state index in [9.17, 15) is 9.59 Å². The highest BCUT2D eigenvalue weighted by atomic mass is 35.5. The van der Waals surface area contributed by atoms with Gasteiger partial charge in [-0.3, -0.25) is 14.2 Å². The van der Waals surface area contributed by atoms with Crippen molar-refractivity contribution >= 4 is 28.4 Å². The van der Waals surface area contributed by atoms with E-state index in [-0.39, 0.29) is 16.8 Å². The van der Waals surface area contributed by atoms with Crippen molar-refractivity contribution in [2.24, 2.45) is 0 Å². The van der Waals surface area contributed by atoms with E-state index in [0.29, 0.717) is 29.8 Å². The molecule has 0 saturated heterocycles. The van der Waals surface area contributed by atoms with Crippen molar-refractivity contribution in [1.29, 1.82) is 0 Å². The highest BCUT2D eigenvalue weighted by Crippen LogP contribution is 2.18. The van der Waals surface area contributed by atoms with Gasteiger partial charge in [-0.25, -0.2) is 4.98 Å². The van der Waals surface area contributed by atoms with Gasteiger partial charge in [0.05, 0.1) is 16.3 Å². The third-order valence-corrected chi connectivity index (χ3v) is 3.15. The number of benzene rings is 1. The zero-order chi connectivity index (χ0) is 14.7. The number of halogens is 1. The van der Waals surface area contributed by atoms with Gasteiger partial charge >= 0.3 is 0 Å². The fourth-order valence-electron chi connectivity index (χ4n) is 2.05. The first-order valence-corrected chi connectivity index (χ1v) is 6.82. The molecule has 1 N–H and O–H groups in total. The molecule has 0 bridgehead atoms. The Hall–Kier alpha value is -1.88. The summed E-state index contributed by atoms with van der Waals surface area (Å²) in [5, 5.41) is 2.83. The topological polar surface area (TPSA) is 64.0 Å². The van der Waals surface area contributed by atoms with Gasteiger partial charge in [-0.2, -0.15) is 0 Å². The molecule has 1 aromatic heterocycles. The number of fused-ring (bicyclic) bond motifs is 1. The van der Waals surface area contributed by atoms with Gasteiger partial charge in [0.25, 0.3) is 5.56 Å². The molecule has 0 aliphatic rings. The van der Waals surface area contributed by atoms with Crippen molar-refractivity contribution in [3.05, 3.63) is 40.4 Å². The van der Waals surface area contributed by atoms with Crippen molar-refractivity contribution < 1.29 is 4.79 Å². The molecule has 0 radical (unpaired) electrons. The Morgan fingerprint density at radius 3 is 2.80 bits per heavy atom. The number of rotatable bonds is 4. The second-order valence-electron chi connectivity index (χ2n) is 4.54. The molecule has 2 aromatic rings. The van der Waals surface area contributed by atoms with Crippen molar-refractivity contribution in [3.8, 4) is 0 Å². The minimum atomic E-state index is -0.385. The number of hydrogen-bond donors (Lipinski definition) is 1. The van der Waals surface area contributed by atoms with Gasteiger partial charge in [-0.1, -0.05) is 12.1 Å². The molecule has 0 spiro atoms. The van der Waals surface area contributed by atoms with Gasteiger partial charge in [0.1, 0.15) is 5.82 Å². The second kappa shape index (κ2) is 6.05. The molecule has 1 heterocycles. The van der Waals surface area contributed by atoms with E-state index < -0.39 is 0 Å². The average Bonchev–Trinajstić information content (AvgIpc) is 2.40. The summed E-state index contributed by atoms with van der Waals surface area (Å²) in [5.74, 6) is 0.382. The van der Waals surface area contributed by atoms with E-state index in [1.165, 1.54) is 11.5 Å². The van der Waals surface area contributed by atoms with Crippen LogP contribution < -0.4 is 10.9 Å². The normalized spacial score (nSPS) is 12.3. The lowest BCUT2D eigenvalue weighted by molar-refractivity contribution is -0.118. The second-order valence-corrected chi connectivity index (χ2v) is 5.20. The Bertz CT molecular complexity index is 694. The van der Waals surface area contributed by atoms with Crippen LogP contribution in [0.4, 0.5) is 0 Å². The van der Waals surface area contributed by atoms with Crippen LogP contribution in [0.1, 0.15) is 25.0 Å². The van der Waals surface area contributed by atoms with Crippen LogP contribution in [0, 0.1) is 0 Å². The number of nitrogens with zero attached hydrogens (tertiary/aromatic N) is 2. The zero-order valence-electron chi connectivity index (χ0n) is 11.4. The predicted molar refractivity (Wildman–Crippen MR) is 79.0 cm³/mol. The van der Waals surface area contributed by atoms with Crippen LogP contribution >= 0.6 is 11.6 Å². The van der Waals surface area contributed by atoms with Crippen LogP contribution in [0.3, 0.4) is 0 Å². The summed E-state index contributed by atoms with van der Waals surface area (Å²) in [7, 11) is 0. The molecule has 1 unspecified atom stereocenters. The lowest BCUT2D eigenvalue weighted by Gasteiger charge is -2.15. The Balaban J connectivity index is 2.49. The Labute approximate surface area is 121 Å².